The smallest absolute Gasteiger partial charge is 0.127 e. The largest absolute Gasteiger partial charge is 0.496 e. The summed E-state index contributed by atoms with van der Waals surface area (Å²) >= 11 is 0. The molecule has 0 fully saturated rings. The first-order valence-corrected chi connectivity index (χ1v) is 5.98. The van der Waals surface area contributed by atoms with Crippen LogP contribution in [0.1, 0.15) is 11.1 Å². The molecule has 2 rings (SSSR count). The van der Waals surface area contributed by atoms with Gasteiger partial charge in [-0.2, -0.15) is 0 Å². The van der Waals surface area contributed by atoms with E-state index in [0.717, 1.165) is 11.3 Å². The van der Waals surface area contributed by atoms with Crippen molar-refractivity contribution in [2.75, 3.05) is 7.11 Å². The van der Waals surface area contributed by atoms with Crippen LogP contribution in [0.2, 0.25) is 0 Å². The van der Waals surface area contributed by atoms with Crippen LogP contribution < -0.4 is 16.2 Å². The van der Waals surface area contributed by atoms with Gasteiger partial charge in [-0.3, -0.25) is 0 Å². The number of ether oxygens (including phenoxy) is 1. The van der Waals surface area contributed by atoms with Crippen LogP contribution in [-0.4, -0.2) is 7.11 Å². The highest BCUT2D eigenvalue weighted by atomic mass is 19.1. The molecule has 0 heterocycles. The molecule has 4 heteroatoms. The Labute approximate surface area is 113 Å². The zero-order chi connectivity index (χ0) is 14.1. The Hall–Kier alpha value is -1.91. The number of hydrogen-bond acceptors (Lipinski definition) is 3. The van der Waals surface area contributed by atoms with Crippen LogP contribution in [0.4, 0.5) is 4.39 Å². The Morgan fingerprint density at radius 2 is 1.42 bits per heavy atom. The van der Waals surface area contributed by atoms with Gasteiger partial charge in [-0.25, -0.2) is 4.39 Å². The van der Waals surface area contributed by atoms with E-state index in [4.69, 9.17) is 16.2 Å². The van der Waals surface area contributed by atoms with E-state index in [-0.39, 0.29) is 12.4 Å². The lowest BCUT2D eigenvalue weighted by Crippen LogP contribution is -1.98. The maximum Gasteiger partial charge on any atom is 0.127 e. The predicted molar refractivity (Wildman–Crippen MR) is 75.2 cm³/mol. The Kier molecular flexibility index (Phi) is 6.57. The molecule has 2 aromatic carbocycles. The summed E-state index contributed by atoms with van der Waals surface area (Å²) in [6, 6.07) is 14.2. The van der Waals surface area contributed by atoms with Crippen molar-refractivity contribution < 1.29 is 9.13 Å². The van der Waals surface area contributed by atoms with E-state index in [9.17, 15) is 4.39 Å². The van der Waals surface area contributed by atoms with Gasteiger partial charge in [0.25, 0.3) is 0 Å². The summed E-state index contributed by atoms with van der Waals surface area (Å²) in [5, 5.41) is 0. The molecule has 0 aliphatic carbocycles. The highest BCUT2D eigenvalue weighted by molar-refractivity contribution is 5.32. The summed E-state index contributed by atoms with van der Waals surface area (Å²) in [5.41, 5.74) is 12.3. The highest BCUT2D eigenvalue weighted by Gasteiger charge is 1.96. The average molecular weight is 262 g/mol. The second-order valence-electron chi connectivity index (χ2n) is 3.81. The lowest BCUT2D eigenvalue weighted by molar-refractivity contribution is 0.410. The first kappa shape index (κ1) is 15.1. The van der Waals surface area contributed by atoms with Crippen LogP contribution in [0.25, 0.3) is 0 Å². The molecule has 0 radical (unpaired) electrons. The van der Waals surface area contributed by atoms with Gasteiger partial charge in [0.2, 0.25) is 0 Å². The molecule has 3 nitrogen and oxygen atoms in total. The number of benzene rings is 2. The van der Waals surface area contributed by atoms with Crippen molar-refractivity contribution in [1.29, 1.82) is 0 Å². The van der Waals surface area contributed by atoms with Crippen LogP contribution in [0.15, 0.2) is 48.5 Å². The van der Waals surface area contributed by atoms with E-state index in [1.807, 2.05) is 24.3 Å². The fraction of sp³-hybridized carbons (Fsp3) is 0.200. The molecule has 0 bridgehead atoms. The first-order chi connectivity index (χ1) is 9.22. The lowest BCUT2D eigenvalue weighted by Gasteiger charge is -2.03. The van der Waals surface area contributed by atoms with E-state index in [1.165, 1.54) is 6.07 Å². The molecule has 0 saturated carbocycles. The van der Waals surface area contributed by atoms with Gasteiger partial charge < -0.3 is 16.2 Å². The third kappa shape index (κ3) is 4.69. The minimum absolute atomic E-state index is 0.222. The number of rotatable bonds is 3. The van der Waals surface area contributed by atoms with Crippen molar-refractivity contribution in [3.8, 4) is 5.75 Å². The summed E-state index contributed by atoms with van der Waals surface area (Å²) < 4.78 is 17.6. The standard InChI is InChI=1S/C8H11NO.C7H8FN/c1-10-8-5-3-2-4-7(8)6-9;8-7-4-2-1-3-6(7)5-9/h2-5H,6,9H2,1H3;1-4H,5,9H2. The Bertz CT molecular complexity index is 480. The normalized spacial score (nSPS) is 9.47. The number of nitrogens with two attached hydrogens (primary N) is 2. The van der Waals surface area contributed by atoms with Crippen LogP contribution in [-0.2, 0) is 13.1 Å². The summed E-state index contributed by atoms with van der Waals surface area (Å²) in [5.74, 6) is 0.644. The quantitative estimate of drug-likeness (QED) is 0.893. The second kappa shape index (κ2) is 8.24. The third-order valence-corrected chi connectivity index (χ3v) is 2.59. The molecule has 102 valence electrons. The van der Waals surface area contributed by atoms with Gasteiger partial charge in [0, 0.05) is 24.2 Å². The highest BCUT2D eigenvalue weighted by Crippen LogP contribution is 2.15. The van der Waals surface area contributed by atoms with Crippen molar-refractivity contribution in [1.82, 2.24) is 0 Å². The maximum atomic E-state index is 12.5. The molecule has 0 aliphatic rings. The Balaban J connectivity index is 0.000000191. The van der Waals surface area contributed by atoms with Crippen LogP contribution >= 0.6 is 0 Å². The Morgan fingerprint density at radius 1 is 0.895 bits per heavy atom. The van der Waals surface area contributed by atoms with Crippen LogP contribution in [0.3, 0.4) is 0 Å². The van der Waals surface area contributed by atoms with Gasteiger partial charge in [-0.1, -0.05) is 36.4 Å². The van der Waals surface area contributed by atoms with Crippen molar-refractivity contribution in [2.45, 2.75) is 13.1 Å². The number of para-hydroxylation sites is 1. The fourth-order valence-electron chi connectivity index (χ4n) is 1.54. The second-order valence-corrected chi connectivity index (χ2v) is 3.81. The molecule has 19 heavy (non-hydrogen) atoms. The van der Waals surface area contributed by atoms with Crippen LogP contribution in [0.5, 0.6) is 5.75 Å². The SMILES string of the molecule is COc1ccccc1CN.NCc1ccccc1F. The van der Waals surface area contributed by atoms with Gasteiger partial charge in [-0.05, 0) is 12.1 Å². The van der Waals surface area contributed by atoms with Crippen molar-refractivity contribution >= 4 is 0 Å². The van der Waals surface area contributed by atoms with E-state index < -0.39 is 0 Å². The molecule has 0 saturated heterocycles. The molecule has 0 atom stereocenters. The lowest BCUT2D eigenvalue weighted by atomic mass is 10.2. The molecule has 0 amide bonds. The molecule has 0 unspecified atom stereocenters. The van der Waals surface area contributed by atoms with Gasteiger partial charge >= 0.3 is 0 Å². The summed E-state index contributed by atoms with van der Waals surface area (Å²) in [6.07, 6.45) is 0. The van der Waals surface area contributed by atoms with Gasteiger partial charge in [-0.15, -0.1) is 0 Å². The average Bonchev–Trinajstić information content (AvgIpc) is 2.48. The number of methoxy groups -OCH3 is 1. The zero-order valence-electron chi connectivity index (χ0n) is 11.0. The third-order valence-electron chi connectivity index (χ3n) is 2.59. The summed E-state index contributed by atoms with van der Waals surface area (Å²) in [7, 11) is 1.65. The van der Waals surface area contributed by atoms with Gasteiger partial charge in [0.15, 0.2) is 0 Å². The zero-order valence-corrected chi connectivity index (χ0v) is 11.0. The monoisotopic (exact) mass is 262 g/mol. The molecule has 0 aliphatic heterocycles. The van der Waals surface area contributed by atoms with Gasteiger partial charge in [0.05, 0.1) is 7.11 Å². The number of hydrogen-bond donors (Lipinski definition) is 2. The van der Waals surface area contributed by atoms with E-state index in [1.54, 1.807) is 25.3 Å². The predicted octanol–water partition coefficient (Wildman–Crippen LogP) is 2.44. The van der Waals surface area contributed by atoms with Crippen molar-refractivity contribution in [2.24, 2.45) is 11.5 Å². The molecular weight excluding hydrogens is 243 g/mol. The number of halogens is 1. The maximum absolute atomic E-state index is 12.5. The van der Waals surface area contributed by atoms with Crippen molar-refractivity contribution in [3.05, 3.63) is 65.5 Å². The summed E-state index contributed by atoms with van der Waals surface area (Å²) in [4.78, 5) is 0. The van der Waals surface area contributed by atoms with E-state index >= 15 is 0 Å². The molecular formula is C15H19FN2O. The molecule has 0 spiro atoms. The van der Waals surface area contributed by atoms with E-state index in [0.29, 0.717) is 12.1 Å². The Morgan fingerprint density at radius 3 is 1.84 bits per heavy atom. The van der Waals surface area contributed by atoms with E-state index in [2.05, 4.69) is 0 Å². The fourth-order valence-corrected chi connectivity index (χ4v) is 1.54. The topological polar surface area (TPSA) is 61.3 Å². The minimum Gasteiger partial charge on any atom is -0.496 e. The summed E-state index contributed by atoms with van der Waals surface area (Å²) in [6.45, 7) is 0.802. The molecule has 4 N–H and O–H groups in total. The molecule has 2 aromatic rings. The molecule has 0 aromatic heterocycles. The van der Waals surface area contributed by atoms with Gasteiger partial charge in [0.1, 0.15) is 11.6 Å². The first-order valence-electron chi connectivity index (χ1n) is 5.98. The minimum atomic E-state index is -0.222. The van der Waals surface area contributed by atoms with Crippen LogP contribution in [0, 0.1) is 5.82 Å². The van der Waals surface area contributed by atoms with Crippen molar-refractivity contribution in [3.63, 3.8) is 0 Å².